The molecule has 0 spiro atoms. The van der Waals surface area contributed by atoms with Gasteiger partial charge in [0.05, 0.1) is 26.2 Å². The second-order valence-corrected chi connectivity index (χ2v) is 23.4. The quantitative estimate of drug-likeness (QED) is 0.0295. The summed E-state index contributed by atoms with van der Waals surface area (Å²) in [5, 5.41) is -0.790. The molecule has 0 saturated carbocycles. The molecule has 2 amide bonds. The van der Waals surface area contributed by atoms with Gasteiger partial charge in [0.1, 0.15) is 24.6 Å². The second kappa shape index (κ2) is 32.9. The largest absolute Gasteiger partial charge is 0.416 e. The van der Waals surface area contributed by atoms with Crippen LogP contribution in [0.3, 0.4) is 0 Å². The summed E-state index contributed by atoms with van der Waals surface area (Å²) in [7, 11) is 0. The van der Waals surface area contributed by atoms with Crippen LogP contribution in [-0.2, 0) is 85.1 Å². The molecule has 22 heteroatoms. The summed E-state index contributed by atoms with van der Waals surface area (Å²) in [6.45, 7) is -13.5. The minimum absolute atomic E-state index is 0.0567. The number of hydrogen-bond acceptors (Lipinski definition) is 10. The van der Waals surface area contributed by atoms with Crippen molar-refractivity contribution in [2.24, 2.45) is 5.89 Å². The molecule has 12 nitrogen and oxygen atoms in total. The maximum absolute atomic E-state index is 14.8. The smallest absolute Gasteiger partial charge is 0.336 e. The molecule has 508 valence electrons. The van der Waals surface area contributed by atoms with Crippen molar-refractivity contribution in [1.82, 2.24) is 38.7 Å². The molecule has 0 radical (unpaired) electrons. The SMILES string of the molecule is [2H]C([2H])(C)N(CCN(Cc1ccc(-c2ccc(C(F)(F)F)cc2)cc1)C(=O)C([2H])([2H])n1c(SCc2ccc(F)cc2)nc(=O)c2c1C([2H])([2H])C([2H])(C)C2([2H])[2H])C([2H])([2H])C.[2H]c1c([2H])c(-c2c([2H])c([2H])c(C(F)(F)F)c(C)c2[2H])c([2H])c([2H])c1CN(CCN(C([2H])([2H])C)C([2H])([2H])C)C(=O)C([2H])([2H])n1c(SCc2ccc(F)cc2)nc(=O)c2c1CCC2. The van der Waals surface area contributed by atoms with E-state index in [1.807, 2.05) is 0 Å². The maximum atomic E-state index is 14.8. The van der Waals surface area contributed by atoms with E-state index in [1.54, 1.807) is 12.1 Å². The molecule has 2 heterocycles. The van der Waals surface area contributed by atoms with Crippen molar-refractivity contribution in [3.8, 4) is 22.3 Å². The fourth-order valence-electron chi connectivity index (χ4n) is 9.99. The summed E-state index contributed by atoms with van der Waals surface area (Å²) in [5.74, 6) is -6.67. The van der Waals surface area contributed by atoms with Crippen LogP contribution in [0.1, 0.15) is 135 Å². The Kier molecular flexibility index (Phi) is 15.9. The average molecular weight is 1390 g/mol. The van der Waals surface area contributed by atoms with Crippen molar-refractivity contribution in [3.05, 3.63) is 233 Å². The minimum Gasteiger partial charge on any atom is -0.336 e. The van der Waals surface area contributed by atoms with Crippen molar-refractivity contribution in [3.63, 3.8) is 0 Å². The van der Waals surface area contributed by atoms with E-state index < -0.39 is 236 Å². The van der Waals surface area contributed by atoms with Crippen molar-refractivity contribution < 1.29 is 77.6 Å². The Morgan fingerprint density at radius 1 is 0.573 bits per heavy atom. The molecule has 1 unspecified atom stereocenters. The van der Waals surface area contributed by atoms with Gasteiger partial charge in [0, 0.05) is 91.1 Å². The number of carbonyl (C=O) groups is 2. The van der Waals surface area contributed by atoms with Gasteiger partial charge < -0.3 is 28.7 Å². The fourth-order valence-corrected chi connectivity index (χ4v) is 11.8. The number of halogens is 8. The van der Waals surface area contributed by atoms with Crippen molar-refractivity contribution in [1.29, 1.82) is 0 Å². The van der Waals surface area contributed by atoms with E-state index in [1.165, 1.54) is 60.7 Å². The molecule has 2 aromatic heterocycles. The predicted molar refractivity (Wildman–Crippen MR) is 362 cm³/mol. The molecule has 96 heavy (non-hydrogen) atoms. The van der Waals surface area contributed by atoms with Crippen LogP contribution in [0.2, 0.25) is 0 Å². The highest BCUT2D eigenvalue weighted by molar-refractivity contribution is 7.98. The molecule has 2 aliphatic carbocycles. The fraction of sp³-hybridized carbons (Fsp3) is 0.378. The van der Waals surface area contributed by atoms with Gasteiger partial charge in [-0.2, -0.15) is 36.3 Å². The average Bonchev–Trinajstić information content (AvgIpc) is 1.51. The molecule has 0 bridgehead atoms. The number of likely N-dealkylation sites (N-methyl/N-ethyl adjacent to an activating group) is 2. The van der Waals surface area contributed by atoms with Crippen LogP contribution in [0.25, 0.3) is 22.3 Å². The highest BCUT2D eigenvalue weighted by atomic mass is 32.2. The molecule has 1 atom stereocenters. The topological polar surface area (TPSA) is 117 Å². The predicted octanol–water partition coefficient (Wildman–Crippen LogP) is 15.0. The number of fused-ring (bicyclic) bond motifs is 2. The van der Waals surface area contributed by atoms with Gasteiger partial charge in [0.2, 0.25) is 11.8 Å². The number of carbonyl (C=O) groups excluding carboxylic acids is 2. The first-order chi connectivity index (χ1) is 54.9. The highest BCUT2D eigenvalue weighted by Crippen LogP contribution is 2.36. The van der Waals surface area contributed by atoms with Gasteiger partial charge in [0.25, 0.3) is 11.1 Å². The van der Waals surface area contributed by atoms with Crippen LogP contribution in [0, 0.1) is 24.5 Å². The molecule has 0 N–H and O–H groups in total. The Bertz CT molecular complexity index is 5250. The lowest BCUT2D eigenvalue weighted by Gasteiger charge is -2.28. The van der Waals surface area contributed by atoms with Crippen LogP contribution in [0.4, 0.5) is 35.1 Å². The maximum Gasteiger partial charge on any atom is 0.416 e. The standard InChI is InChI=1S/2C37H40F4N4O2S/c1-4-43(5-2)18-19-44(22-26-6-10-28(11-7-26)29-12-14-30(15-13-29)37(39,40)41)34(46)23-45-33-21-25(3)20-32(33)35(47)42-36(45)48-24-27-8-16-31(38)17-9-27;1-4-43(5-2)19-20-44(22-26-9-13-28(14-10-26)29-15-18-32(25(3)21-29)37(39,40)41)34(46)23-45-33-8-6-7-31(33)35(47)42-36(45)48-24-27-11-16-30(38)17-12-27/h6-17,25H,4-5,18-24H2,1-3H3;9-18,21H,4-8,19-20,22-24H2,1-3H3/i4D2,5D2,20D2,21D2,23D2,25D;4D2,5D2,9D,10D,13D,14D,15D,18D,21D,23D2. The molecule has 0 aliphatic heterocycles. The second-order valence-electron chi connectivity index (χ2n) is 21.5. The monoisotopic (exact) mass is 1380 g/mol. The lowest BCUT2D eigenvalue weighted by atomic mass is 9.98. The summed E-state index contributed by atoms with van der Waals surface area (Å²) >= 11 is 1.55. The molecule has 10 rings (SSSR count). The van der Waals surface area contributed by atoms with E-state index in [-0.39, 0.29) is 40.8 Å². The lowest BCUT2D eigenvalue weighted by Crippen LogP contribution is -2.40. The molecular weight excluding hydrogens is 1280 g/mol. The third-order valence-corrected chi connectivity index (χ3v) is 17.1. The molecule has 8 aromatic rings. The van der Waals surface area contributed by atoms with Crippen LogP contribution < -0.4 is 11.1 Å². The molecule has 0 saturated heterocycles. The summed E-state index contributed by atoms with van der Waals surface area (Å²) in [4.78, 5) is 67.4. The molecular formula is C74H80F8N8O4S2. The zero-order valence-corrected chi connectivity index (χ0v) is 54.2. The Balaban J connectivity index is 0.000000273. The lowest BCUT2D eigenvalue weighted by molar-refractivity contribution is -0.138. The Morgan fingerprint density at radius 3 is 1.52 bits per heavy atom. The first-order valence-corrected chi connectivity index (χ1v) is 31.7. The molecule has 6 aromatic carbocycles. The van der Waals surface area contributed by atoms with Gasteiger partial charge in [-0.25, -0.2) is 8.78 Å². The molecule has 0 fully saturated rings. The van der Waals surface area contributed by atoms with Crippen molar-refractivity contribution in [2.75, 3.05) is 52.2 Å². The summed E-state index contributed by atoms with van der Waals surface area (Å²) in [5.41, 5.74) is -6.55. The van der Waals surface area contributed by atoms with Gasteiger partial charge in [0.15, 0.2) is 10.3 Å². The van der Waals surface area contributed by atoms with Crippen LogP contribution in [-0.4, -0.2) is 103 Å². The van der Waals surface area contributed by atoms with E-state index in [2.05, 4.69) is 9.97 Å². The number of alkyl halides is 6. The van der Waals surface area contributed by atoms with E-state index in [9.17, 15) is 59.8 Å². The van der Waals surface area contributed by atoms with Crippen molar-refractivity contribution in [2.45, 2.75) is 134 Å². The Labute approximate surface area is 597 Å². The molecule has 2 aliphatic rings. The van der Waals surface area contributed by atoms with E-state index in [4.69, 9.17) is 27.4 Å². The number of nitrogens with zero attached hydrogens (tertiary/aromatic N) is 8. The third kappa shape index (κ3) is 19.0. The highest BCUT2D eigenvalue weighted by Gasteiger charge is 2.34. The van der Waals surface area contributed by atoms with Gasteiger partial charge in [-0.3, -0.25) is 19.2 Å². The van der Waals surface area contributed by atoms with Crippen molar-refractivity contribution >= 4 is 35.3 Å². The number of thioether (sulfide) groups is 2. The van der Waals surface area contributed by atoms with Gasteiger partial charge in [-0.05, 0) is 163 Å². The number of rotatable bonds is 26. The van der Waals surface area contributed by atoms with Crippen LogP contribution >= 0.6 is 23.5 Å². The van der Waals surface area contributed by atoms with E-state index in [0.29, 0.717) is 50.6 Å². The van der Waals surface area contributed by atoms with Gasteiger partial charge in [-0.15, -0.1) is 0 Å². The van der Waals surface area contributed by atoms with Crippen LogP contribution in [0.15, 0.2) is 159 Å². The first-order valence-electron chi connectivity index (χ1n) is 41.7. The van der Waals surface area contributed by atoms with Gasteiger partial charge >= 0.3 is 12.4 Å². The Morgan fingerprint density at radius 2 is 1.03 bits per heavy atom. The zero-order chi connectivity index (χ0) is 90.2. The number of benzene rings is 6. The number of hydrogen-bond donors (Lipinski definition) is 0. The summed E-state index contributed by atoms with van der Waals surface area (Å²) in [6, 6.07) is 13.7. The van der Waals surface area contributed by atoms with Crippen LogP contribution in [0.5, 0.6) is 0 Å². The zero-order valence-electron chi connectivity index (χ0n) is 76.6. The Hall–Kier alpha value is -7.92. The van der Waals surface area contributed by atoms with E-state index in [0.717, 1.165) is 102 Å². The van der Waals surface area contributed by atoms with Gasteiger partial charge in [-0.1, -0.05) is 155 Å². The normalized spacial score (nSPS) is 20.0. The summed E-state index contributed by atoms with van der Waals surface area (Å²) in [6.07, 6.45) is -15.0. The third-order valence-electron chi connectivity index (χ3n) is 15.0. The minimum atomic E-state index is -5.14. The number of aromatic nitrogens is 4. The summed E-state index contributed by atoms with van der Waals surface area (Å²) < 4.78 is 318. The van der Waals surface area contributed by atoms with E-state index >= 15 is 0 Å². The number of amides is 2. The first kappa shape index (κ1) is 46.3.